The van der Waals surface area contributed by atoms with Crippen molar-refractivity contribution in [3.63, 3.8) is 0 Å². The highest BCUT2D eigenvalue weighted by molar-refractivity contribution is 9.10. The van der Waals surface area contributed by atoms with Gasteiger partial charge in [-0.25, -0.2) is 15.0 Å². The molecule has 0 aromatic carbocycles. The minimum absolute atomic E-state index is 0.148. The third kappa shape index (κ3) is 2.45. The average Bonchev–Trinajstić information content (AvgIpc) is 2.96. The number of hydrogen-bond donors (Lipinski definition) is 1. The van der Waals surface area contributed by atoms with Gasteiger partial charge >= 0.3 is 0 Å². The van der Waals surface area contributed by atoms with Gasteiger partial charge in [0.2, 0.25) is 0 Å². The first kappa shape index (κ1) is 12.5. The van der Waals surface area contributed by atoms with Gasteiger partial charge in [-0.1, -0.05) is 12.8 Å². The van der Waals surface area contributed by atoms with Gasteiger partial charge in [0.1, 0.15) is 16.5 Å². The maximum atomic E-state index is 12.0. The first-order valence-corrected chi connectivity index (χ1v) is 7.11. The molecule has 0 aliphatic heterocycles. The number of nitrogens with zero attached hydrogens (tertiary/aromatic N) is 3. The highest BCUT2D eigenvalue weighted by Gasteiger charge is 2.23. The highest BCUT2D eigenvalue weighted by Crippen LogP contribution is 2.35. The summed E-state index contributed by atoms with van der Waals surface area (Å²) in [5.41, 5.74) is 1.35. The van der Waals surface area contributed by atoms with Crippen molar-refractivity contribution in [3.8, 4) is 11.5 Å². The Morgan fingerprint density at radius 2 is 2.11 bits per heavy atom. The molecule has 6 heteroatoms. The number of hydrogen-bond acceptors (Lipinski definition) is 4. The van der Waals surface area contributed by atoms with Crippen LogP contribution in [0.2, 0.25) is 0 Å². The molecule has 0 saturated heterocycles. The maximum Gasteiger partial charge on any atom is 0.265 e. The van der Waals surface area contributed by atoms with Crippen molar-refractivity contribution < 1.29 is 0 Å². The molecule has 3 rings (SSSR count). The van der Waals surface area contributed by atoms with Crippen molar-refractivity contribution >= 4 is 15.9 Å². The first-order chi connectivity index (χ1) is 9.25. The van der Waals surface area contributed by atoms with Crippen LogP contribution in [0.25, 0.3) is 11.5 Å². The maximum absolute atomic E-state index is 12.0. The van der Waals surface area contributed by atoms with E-state index in [1.807, 2.05) is 0 Å². The molecule has 98 valence electrons. The molecule has 1 N–H and O–H groups in total. The molecule has 2 aromatic rings. The van der Waals surface area contributed by atoms with Crippen LogP contribution in [0.5, 0.6) is 0 Å². The summed E-state index contributed by atoms with van der Waals surface area (Å²) in [6.07, 6.45) is 7.69. The Kier molecular flexibility index (Phi) is 3.42. The van der Waals surface area contributed by atoms with Crippen LogP contribution in [-0.4, -0.2) is 19.9 Å². The molecule has 19 heavy (non-hydrogen) atoms. The van der Waals surface area contributed by atoms with Crippen molar-refractivity contribution in [1.29, 1.82) is 0 Å². The Balaban J connectivity index is 2.10. The number of nitrogens with one attached hydrogen (secondary N) is 1. The van der Waals surface area contributed by atoms with E-state index in [-0.39, 0.29) is 5.56 Å². The monoisotopic (exact) mass is 320 g/mol. The number of aromatic nitrogens is 4. The Hall–Kier alpha value is -1.56. The van der Waals surface area contributed by atoms with Crippen molar-refractivity contribution in [2.24, 2.45) is 0 Å². The molecule has 1 saturated carbocycles. The second-order valence-corrected chi connectivity index (χ2v) is 5.48. The van der Waals surface area contributed by atoms with Crippen LogP contribution in [0.4, 0.5) is 0 Å². The van der Waals surface area contributed by atoms with Crippen molar-refractivity contribution in [2.75, 3.05) is 0 Å². The minimum atomic E-state index is -0.148. The van der Waals surface area contributed by atoms with E-state index in [4.69, 9.17) is 0 Å². The summed E-state index contributed by atoms with van der Waals surface area (Å²) in [6.45, 7) is 0. The smallest absolute Gasteiger partial charge is 0.265 e. The Morgan fingerprint density at radius 1 is 1.32 bits per heavy atom. The van der Waals surface area contributed by atoms with E-state index in [2.05, 4.69) is 35.9 Å². The third-order valence-corrected chi connectivity index (χ3v) is 4.22. The second-order valence-electron chi connectivity index (χ2n) is 4.69. The van der Waals surface area contributed by atoms with E-state index in [0.29, 0.717) is 21.9 Å². The lowest BCUT2D eigenvalue weighted by Crippen LogP contribution is -2.15. The second kappa shape index (κ2) is 5.21. The van der Waals surface area contributed by atoms with E-state index in [1.165, 1.54) is 19.2 Å². The van der Waals surface area contributed by atoms with Crippen LogP contribution in [0.1, 0.15) is 37.3 Å². The van der Waals surface area contributed by atoms with Gasteiger partial charge < -0.3 is 4.98 Å². The Labute approximate surface area is 118 Å². The van der Waals surface area contributed by atoms with Gasteiger partial charge in [0, 0.05) is 12.1 Å². The molecule has 2 heterocycles. The predicted molar refractivity (Wildman–Crippen MR) is 74.8 cm³/mol. The van der Waals surface area contributed by atoms with E-state index < -0.39 is 0 Å². The zero-order chi connectivity index (χ0) is 13.2. The lowest BCUT2D eigenvalue weighted by Gasteiger charge is -2.11. The molecule has 1 aliphatic rings. The summed E-state index contributed by atoms with van der Waals surface area (Å²) < 4.78 is 0.553. The Bertz CT molecular complexity index is 635. The molecule has 1 fully saturated rings. The number of halogens is 1. The van der Waals surface area contributed by atoms with Crippen molar-refractivity contribution in [1.82, 2.24) is 19.9 Å². The number of rotatable bonds is 2. The zero-order valence-corrected chi connectivity index (χ0v) is 11.9. The fraction of sp³-hybridized carbons (Fsp3) is 0.385. The molecule has 2 aromatic heterocycles. The lowest BCUT2D eigenvalue weighted by molar-refractivity contribution is 0.688. The predicted octanol–water partition coefficient (Wildman–Crippen LogP) is 2.65. The van der Waals surface area contributed by atoms with Crippen LogP contribution < -0.4 is 5.56 Å². The topological polar surface area (TPSA) is 71.5 Å². The van der Waals surface area contributed by atoms with Gasteiger partial charge in [-0.2, -0.15) is 0 Å². The van der Waals surface area contributed by atoms with E-state index in [0.717, 1.165) is 18.5 Å². The largest absolute Gasteiger partial charge is 0.304 e. The summed E-state index contributed by atoms with van der Waals surface area (Å²) in [6, 6.07) is 1.74. The van der Waals surface area contributed by atoms with E-state index >= 15 is 0 Å². The van der Waals surface area contributed by atoms with Crippen molar-refractivity contribution in [3.05, 3.63) is 39.1 Å². The van der Waals surface area contributed by atoms with Gasteiger partial charge in [-0.05, 0) is 34.8 Å². The van der Waals surface area contributed by atoms with Gasteiger partial charge in [0.15, 0.2) is 5.82 Å². The average molecular weight is 321 g/mol. The molecule has 0 amide bonds. The van der Waals surface area contributed by atoms with E-state index in [1.54, 1.807) is 12.3 Å². The van der Waals surface area contributed by atoms with Gasteiger partial charge in [0.05, 0.1) is 5.69 Å². The summed E-state index contributed by atoms with van der Waals surface area (Å²) in [5.74, 6) is 0.884. The fourth-order valence-electron chi connectivity index (χ4n) is 2.50. The van der Waals surface area contributed by atoms with Crippen LogP contribution in [0.15, 0.2) is 27.9 Å². The number of H-pyrrole nitrogens is 1. The van der Waals surface area contributed by atoms with Crippen LogP contribution >= 0.6 is 15.9 Å². The quantitative estimate of drug-likeness (QED) is 0.923. The molecular formula is C13H13BrN4O. The SMILES string of the molecule is O=c1[nH]c(-c2ccncn2)nc(C2CCCC2)c1Br. The van der Waals surface area contributed by atoms with Gasteiger partial charge in [-0.15, -0.1) is 0 Å². The number of aromatic amines is 1. The molecule has 0 bridgehead atoms. The van der Waals surface area contributed by atoms with E-state index in [9.17, 15) is 4.79 Å². The molecule has 0 atom stereocenters. The summed E-state index contributed by atoms with van der Waals surface area (Å²) >= 11 is 3.36. The fourth-order valence-corrected chi connectivity index (χ4v) is 3.01. The zero-order valence-electron chi connectivity index (χ0n) is 10.3. The molecule has 0 unspecified atom stereocenters. The van der Waals surface area contributed by atoms with Crippen molar-refractivity contribution in [2.45, 2.75) is 31.6 Å². The van der Waals surface area contributed by atoms with Gasteiger partial charge in [-0.3, -0.25) is 4.79 Å². The third-order valence-electron chi connectivity index (χ3n) is 3.45. The molecule has 5 nitrogen and oxygen atoms in total. The molecule has 1 aliphatic carbocycles. The molecule has 0 radical (unpaired) electrons. The summed E-state index contributed by atoms with van der Waals surface area (Å²) in [5, 5.41) is 0. The minimum Gasteiger partial charge on any atom is -0.304 e. The highest BCUT2D eigenvalue weighted by atomic mass is 79.9. The summed E-state index contributed by atoms with van der Waals surface area (Å²) in [4.78, 5) is 27.3. The van der Waals surface area contributed by atoms with Gasteiger partial charge in [0.25, 0.3) is 5.56 Å². The lowest BCUT2D eigenvalue weighted by atomic mass is 10.0. The molecular weight excluding hydrogens is 308 g/mol. The Morgan fingerprint density at radius 3 is 2.79 bits per heavy atom. The standard InChI is InChI=1S/C13H13BrN4O/c14-10-11(8-3-1-2-4-8)17-12(18-13(10)19)9-5-6-15-7-16-9/h5-8H,1-4H2,(H,17,18,19). The van der Waals surface area contributed by atoms with Crippen LogP contribution in [-0.2, 0) is 0 Å². The first-order valence-electron chi connectivity index (χ1n) is 6.32. The summed E-state index contributed by atoms with van der Waals surface area (Å²) in [7, 11) is 0. The van der Waals surface area contributed by atoms with Crippen LogP contribution in [0.3, 0.4) is 0 Å². The normalized spacial score (nSPS) is 15.8. The van der Waals surface area contributed by atoms with Crippen LogP contribution in [0, 0.1) is 0 Å². The molecule has 0 spiro atoms.